The minimum atomic E-state index is 0.0926. The quantitative estimate of drug-likeness (QED) is 0.580. The highest BCUT2D eigenvalue weighted by atomic mass is 32.2. The van der Waals surface area contributed by atoms with E-state index in [1.807, 2.05) is 34.1 Å². The molecule has 4 rings (SSSR count). The first-order valence-corrected chi connectivity index (χ1v) is 12.6. The van der Waals surface area contributed by atoms with Crippen LogP contribution in [0.2, 0.25) is 0 Å². The van der Waals surface area contributed by atoms with E-state index in [2.05, 4.69) is 20.4 Å². The van der Waals surface area contributed by atoms with Crippen LogP contribution in [0.3, 0.4) is 0 Å². The number of amides is 2. The number of carbonyl (C=O) groups excluding carboxylic acids is 2. The second-order valence-corrected chi connectivity index (χ2v) is 9.93. The molecule has 1 aromatic carbocycles. The van der Waals surface area contributed by atoms with Gasteiger partial charge >= 0.3 is 0 Å². The van der Waals surface area contributed by atoms with Crippen molar-refractivity contribution in [3.63, 3.8) is 0 Å². The number of hydrogen-bond acceptors (Lipinski definition) is 9. The highest BCUT2D eigenvalue weighted by molar-refractivity contribution is 8.01. The van der Waals surface area contributed by atoms with Crippen molar-refractivity contribution in [3.05, 3.63) is 24.3 Å². The summed E-state index contributed by atoms with van der Waals surface area (Å²) in [6.07, 6.45) is 2.22. The molecule has 9 nitrogen and oxygen atoms in total. The van der Waals surface area contributed by atoms with Crippen LogP contribution in [-0.2, 0) is 9.59 Å². The molecule has 0 radical (unpaired) electrons. The lowest BCUT2D eigenvalue weighted by atomic mass is 10.3. The van der Waals surface area contributed by atoms with E-state index in [9.17, 15) is 9.59 Å². The summed E-state index contributed by atoms with van der Waals surface area (Å²) in [6.45, 7) is 5.02. The summed E-state index contributed by atoms with van der Waals surface area (Å²) >= 11 is 2.81. The minimum absolute atomic E-state index is 0.0926. The van der Waals surface area contributed by atoms with Crippen molar-refractivity contribution in [2.24, 2.45) is 0 Å². The zero-order valence-electron chi connectivity index (χ0n) is 18.2. The topological polar surface area (TPSA) is 90.9 Å². The number of thioether (sulfide) groups is 1. The molecule has 0 unspecified atom stereocenters. The van der Waals surface area contributed by atoms with Crippen molar-refractivity contribution in [1.29, 1.82) is 0 Å². The molecule has 0 saturated carbocycles. The van der Waals surface area contributed by atoms with Gasteiger partial charge in [0.05, 0.1) is 25.1 Å². The third-order valence-corrected chi connectivity index (χ3v) is 7.57. The van der Waals surface area contributed by atoms with Crippen molar-refractivity contribution in [1.82, 2.24) is 24.9 Å². The van der Waals surface area contributed by atoms with E-state index in [-0.39, 0.29) is 11.8 Å². The maximum atomic E-state index is 12.6. The number of para-hydroxylation sites is 2. The molecule has 172 valence electrons. The van der Waals surface area contributed by atoms with E-state index >= 15 is 0 Å². The van der Waals surface area contributed by atoms with Crippen molar-refractivity contribution in [2.45, 2.75) is 17.2 Å². The van der Waals surface area contributed by atoms with Gasteiger partial charge in [-0.05, 0) is 25.0 Å². The molecular formula is C21H28N6O3S2. The highest BCUT2D eigenvalue weighted by Gasteiger charge is 2.25. The van der Waals surface area contributed by atoms with Crippen molar-refractivity contribution in [2.75, 3.05) is 64.0 Å². The monoisotopic (exact) mass is 476 g/mol. The number of anilines is 2. The molecule has 2 amide bonds. The smallest absolute Gasteiger partial charge is 0.236 e. The number of benzene rings is 1. The fourth-order valence-electron chi connectivity index (χ4n) is 3.81. The lowest BCUT2D eigenvalue weighted by molar-refractivity contribution is -0.133. The maximum absolute atomic E-state index is 12.6. The molecule has 2 aromatic rings. The van der Waals surface area contributed by atoms with Crippen molar-refractivity contribution < 1.29 is 14.3 Å². The van der Waals surface area contributed by atoms with E-state index in [0.29, 0.717) is 30.5 Å². The van der Waals surface area contributed by atoms with Crippen LogP contribution in [-0.4, -0.2) is 95.4 Å². The van der Waals surface area contributed by atoms with Gasteiger partial charge in [-0.15, -0.1) is 10.2 Å². The van der Waals surface area contributed by atoms with E-state index in [1.165, 1.54) is 23.1 Å². The summed E-state index contributed by atoms with van der Waals surface area (Å²) in [7, 11) is 1.62. The third kappa shape index (κ3) is 5.90. The van der Waals surface area contributed by atoms with Crippen LogP contribution in [0.15, 0.2) is 28.6 Å². The predicted octanol–water partition coefficient (Wildman–Crippen LogP) is 2.15. The second-order valence-electron chi connectivity index (χ2n) is 7.73. The molecule has 2 fully saturated rings. The van der Waals surface area contributed by atoms with E-state index in [0.717, 1.165) is 54.8 Å². The van der Waals surface area contributed by atoms with Crippen LogP contribution in [0, 0.1) is 0 Å². The first-order chi connectivity index (χ1) is 15.6. The van der Waals surface area contributed by atoms with Crippen molar-refractivity contribution >= 4 is 45.7 Å². The summed E-state index contributed by atoms with van der Waals surface area (Å²) in [5.74, 6) is 1.37. The lowest BCUT2D eigenvalue weighted by Crippen LogP contribution is -2.51. The molecule has 2 aliphatic rings. The van der Waals surface area contributed by atoms with Gasteiger partial charge in [0.25, 0.3) is 0 Å². The molecule has 32 heavy (non-hydrogen) atoms. The standard InChI is InChI=1S/C21H28N6O3S2/c1-30-17-7-3-2-6-16(17)22-20-23-24-21(32-20)31-15-19(29)27-12-10-25(11-13-27)14-18(28)26-8-4-5-9-26/h2-3,6-7H,4-5,8-15H2,1H3,(H,22,23). The summed E-state index contributed by atoms with van der Waals surface area (Å²) < 4.78 is 6.08. The Morgan fingerprint density at radius 1 is 1.03 bits per heavy atom. The number of aromatic nitrogens is 2. The van der Waals surface area contributed by atoms with Gasteiger partial charge in [-0.3, -0.25) is 14.5 Å². The summed E-state index contributed by atoms with van der Waals surface area (Å²) in [5, 5.41) is 12.2. The number of rotatable bonds is 8. The van der Waals surface area contributed by atoms with Gasteiger partial charge in [0, 0.05) is 39.3 Å². The first kappa shape index (κ1) is 22.8. The Labute approximate surface area is 196 Å². The largest absolute Gasteiger partial charge is 0.495 e. The van der Waals surface area contributed by atoms with Crippen LogP contribution in [0.1, 0.15) is 12.8 Å². The van der Waals surface area contributed by atoms with E-state index < -0.39 is 0 Å². The number of piperazine rings is 1. The van der Waals surface area contributed by atoms with Crippen LogP contribution >= 0.6 is 23.1 Å². The Kier molecular flexibility index (Phi) is 7.82. The molecule has 0 aliphatic carbocycles. The molecule has 1 N–H and O–H groups in total. The number of nitrogens with zero attached hydrogens (tertiary/aromatic N) is 5. The number of carbonyl (C=O) groups is 2. The zero-order valence-corrected chi connectivity index (χ0v) is 19.8. The average Bonchev–Trinajstić information content (AvgIpc) is 3.51. The Hall–Kier alpha value is -2.37. The molecule has 0 atom stereocenters. The zero-order chi connectivity index (χ0) is 22.3. The Morgan fingerprint density at radius 3 is 2.50 bits per heavy atom. The number of nitrogens with one attached hydrogen (secondary N) is 1. The number of ether oxygens (including phenoxy) is 1. The van der Waals surface area contributed by atoms with Gasteiger partial charge < -0.3 is 19.9 Å². The molecule has 1 aromatic heterocycles. The Balaban J connectivity index is 1.20. The number of likely N-dealkylation sites (tertiary alicyclic amines) is 1. The fraction of sp³-hybridized carbons (Fsp3) is 0.524. The van der Waals surface area contributed by atoms with Crippen molar-refractivity contribution in [3.8, 4) is 5.75 Å². The van der Waals surface area contributed by atoms with Gasteiger partial charge in [0.2, 0.25) is 16.9 Å². The number of methoxy groups -OCH3 is 1. The second kappa shape index (κ2) is 11.0. The molecule has 2 aliphatic heterocycles. The Bertz CT molecular complexity index is 926. The molecule has 3 heterocycles. The highest BCUT2D eigenvalue weighted by Crippen LogP contribution is 2.31. The van der Waals surface area contributed by atoms with E-state index in [4.69, 9.17) is 4.74 Å². The van der Waals surface area contributed by atoms with Crippen LogP contribution in [0.4, 0.5) is 10.8 Å². The first-order valence-electron chi connectivity index (χ1n) is 10.8. The minimum Gasteiger partial charge on any atom is -0.495 e. The summed E-state index contributed by atoms with van der Waals surface area (Å²) in [5.41, 5.74) is 0.819. The van der Waals surface area contributed by atoms with Gasteiger partial charge in [0.15, 0.2) is 4.34 Å². The molecular weight excluding hydrogens is 448 g/mol. The molecule has 2 saturated heterocycles. The molecule has 0 spiro atoms. The summed E-state index contributed by atoms with van der Waals surface area (Å²) in [6, 6.07) is 7.61. The average molecular weight is 477 g/mol. The summed E-state index contributed by atoms with van der Waals surface area (Å²) in [4.78, 5) is 30.9. The molecule has 11 heteroatoms. The number of hydrogen-bond donors (Lipinski definition) is 1. The van der Waals surface area contributed by atoms with Gasteiger partial charge in [-0.1, -0.05) is 35.2 Å². The van der Waals surface area contributed by atoms with Gasteiger partial charge in [0.1, 0.15) is 5.75 Å². The van der Waals surface area contributed by atoms with Crippen LogP contribution in [0.25, 0.3) is 0 Å². The third-order valence-electron chi connectivity index (χ3n) is 5.62. The normalized spacial score (nSPS) is 16.9. The van der Waals surface area contributed by atoms with Crippen LogP contribution in [0.5, 0.6) is 5.75 Å². The van der Waals surface area contributed by atoms with Gasteiger partial charge in [-0.2, -0.15) is 0 Å². The lowest BCUT2D eigenvalue weighted by Gasteiger charge is -2.35. The van der Waals surface area contributed by atoms with E-state index in [1.54, 1.807) is 7.11 Å². The SMILES string of the molecule is COc1ccccc1Nc1nnc(SCC(=O)N2CCN(CC(=O)N3CCCC3)CC2)s1. The predicted molar refractivity (Wildman–Crippen MR) is 126 cm³/mol. The van der Waals surface area contributed by atoms with Crippen LogP contribution < -0.4 is 10.1 Å². The fourth-order valence-corrected chi connectivity index (χ4v) is 5.48. The Morgan fingerprint density at radius 2 is 1.75 bits per heavy atom. The maximum Gasteiger partial charge on any atom is 0.236 e. The van der Waals surface area contributed by atoms with Gasteiger partial charge in [-0.25, -0.2) is 0 Å². The molecule has 0 bridgehead atoms.